The summed E-state index contributed by atoms with van der Waals surface area (Å²) in [5.74, 6) is 0.311. The Morgan fingerprint density at radius 2 is 1.83 bits per heavy atom. The first-order chi connectivity index (χ1) is 14.3. The maximum Gasteiger partial charge on any atom is 0.242 e. The first kappa shape index (κ1) is 22.2. The van der Waals surface area contributed by atoms with Gasteiger partial charge in [0.05, 0.1) is 4.90 Å². The molecular weight excluding hydrogens is 470 g/mol. The third-order valence-electron chi connectivity index (χ3n) is 4.60. The van der Waals surface area contributed by atoms with Crippen molar-refractivity contribution in [1.82, 2.24) is 9.46 Å². The van der Waals surface area contributed by atoms with Gasteiger partial charge in [0.2, 0.25) is 15.9 Å². The van der Waals surface area contributed by atoms with E-state index in [9.17, 15) is 13.2 Å². The lowest BCUT2D eigenvalue weighted by Crippen LogP contribution is -2.32. The van der Waals surface area contributed by atoms with Crippen molar-refractivity contribution in [3.05, 3.63) is 76.5 Å². The van der Waals surface area contributed by atoms with E-state index >= 15 is 0 Å². The fourth-order valence-electron chi connectivity index (χ4n) is 3.05. The lowest BCUT2D eigenvalue weighted by molar-refractivity contribution is -0.116. The van der Waals surface area contributed by atoms with Gasteiger partial charge < -0.3 is 9.84 Å². The fraction of sp³-hybridized carbons (Fsp3) is 0.238. The minimum atomic E-state index is -3.70. The van der Waals surface area contributed by atoms with Crippen LogP contribution < -0.4 is 5.32 Å². The number of amides is 1. The van der Waals surface area contributed by atoms with Crippen LogP contribution in [0.5, 0.6) is 0 Å². The van der Waals surface area contributed by atoms with Gasteiger partial charge in [0, 0.05) is 36.5 Å². The molecule has 0 aliphatic rings. The summed E-state index contributed by atoms with van der Waals surface area (Å²) in [6.45, 7) is 1.88. The van der Waals surface area contributed by atoms with Gasteiger partial charge >= 0.3 is 0 Å². The third kappa shape index (κ3) is 5.56. The molecule has 2 aromatic carbocycles. The number of hydrogen-bond acceptors (Lipinski definition) is 5. The van der Waals surface area contributed by atoms with Crippen LogP contribution in [0, 0.1) is 6.92 Å². The van der Waals surface area contributed by atoms with Crippen molar-refractivity contribution in [2.75, 3.05) is 18.9 Å². The van der Waals surface area contributed by atoms with Gasteiger partial charge in [-0.15, -0.1) is 0 Å². The molecule has 1 amide bonds. The summed E-state index contributed by atoms with van der Waals surface area (Å²) in [6, 6.07) is 17.5. The molecule has 9 heteroatoms. The van der Waals surface area contributed by atoms with E-state index in [-0.39, 0.29) is 29.7 Å². The Kier molecular flexibility index (Phi) is 7.06. The summed E-state index contributed by atoms with van der Waals surface area (Å²) >= 11 is 3.31. The Hall–Kier alpha value is -2.49. The fourth-order valence-corrected chi connectivity index (χ4v) is 4.53. The molecule has 7 nitrogen and oxygen atoms in total. The Balaban J connectivity index is 1.78. The van der Waals surface area contributed by atoms with E-state index in [2.05, 4.69) is 26.4 Å². The van der Waals surface area contributed by atoms with Crippen LogP contribution in [-0.2, 0) is 14.8 Å². The van der Waals surface area contributed by atoms with Crippen molar-refractivity contribution in [2.45, 2.75) is 24.2 Å². The van der Waals surface area contributed by atoms with Gasteiger partial charge in [-0.3, -0.25) is 4.79 Å². The molecule has 0 saturated carbocycles. The number of hydrogen-bond donors (Lipinski definition) is 1. The lowest BCUT2D eigenvalue weighted by atomic mass is 9.95. The second kappa shape index (κ2) is 9.55. The highest BCUT2D eigenvalue weighted by Crippen LogP contribution is 2.25. The van der Waals surface area contributed by atoms with Crippen LogP contribution in [-0.4, -0.2) is 37.4 Å². The van der Waals surface area contributed by atoms with Crippen molar-refractivity contribution < 1.29 is 17.7 Å². The van der Waals surface area contributed by atoms with Crippen LogP contribution >= 0.6 is 15.9 Å². The van der Waals surface area contributed by atoms with E-state index in [1.807, 2.05) is 30.3 Å². The monoisotopic (exact) mass is 491 g/mol. The van der Waals surface area contributed by atoms with Crippen molar-refractivity contribution >= 4 is 37.7 Å². The number of likely N-dealkylation sites (N-methyl/N-ethyl adjacent to an activating group) is 1. The van der Waals surface area contributed by atoms with Gasteiger partial charge in [-0.2, -0.15) is 0 Å². The highest BCUT2D eigenvalue weighted by atomic mass is 79.9. The molecule has 1 atom stereocenters. The molecule has 0 aliphatic heterocycles. The van der Waals surface area contributed by atoms with Crippen LogP contribution in [0.15, 0.2) is 74.6 Å². The number of carbonyl (C=O) groups excluding carboxylic acids is 1. The second-order valence-electron chi connectivity index (χ2n) is 6.92. The maximum absolute atomic E-state index is 13.0. The van der Waals surface area contributed by atoms with Gasteiger partial charge in [0.15, 0.2) is 5.82 Å². The molecule has 0 bridgehead atoms. The molecule has 3 rings (SSSR count). The maximum atomic E-state index is 13.0. The minimum absolute atomic E-state index is 0.0934. The molecule has 0 unspecified atom stereocenters. The summed E-state index contributed by atoms with van der Waals surface area (Å²) in [7, 11) is -2.18. The number of anilines is 1. The number of aryl methyl sites for hydroxylation is 1. The van der Waals surface area contributed by atoms with Gasteiger partial charge in [0.1, 0.15) is 5.76 Å². The number of aromatic nitrogens is 1. The van der Waals surface area contributed by atoms with E-state index in [0.717, 1.165) is 10.0 Å². The van der Waals surface area contributed by atoms with Gasteiger partial charge in [-0.25, -0.2) is 12.7 Å². The predicted octanol–water partition coefficient (Wildman–Crippen LogP) is 4.18. The highest BCUT2D eigenvalue weighted by molar-refractivity contribution is 9.10. The number of sulfonamides is 1. The van der Waals surface area contributed by atoms with E-state index in [0.29, 0.717) is 11.6 Å². The van der Waals surface area contributed by atoms with Crippen LogP contribution in [0.2, 0.25) is 0 Å². The summed E-state index contributed by atoms with van der Waals surface area (Å²) < 4.78 is 33.0. The van der Waals surface area contributed by atoms with E-state index in [1.54, 1.807) is 37.3 Å². The van der Waals surface area contributed by atoms with E-state index in [1.165, 1.54) is 11.4 Å². The third-order valence-corrected chi connectivity index (χ3v) is 6.96. The zero-order valence-electron chi connectivity index (χ0n) is 16.6. The molecule has 0 spiro atoms. The molecular formula is C21H22BrN3O4S. The molecule has 3 aromatic rings. The Morgan fingerprint density at radius 3 is 2.43 bits per heavy atom. The molecule has 30 heavy (non-hydrogen) atoms. The highest BCUT2D eigenvalue weighted by Gasteiger charge is 2.26. The van der Waals surface area contributed by atoms with Crippen LogP contribution in [0.3, 0.4) is 0 Å². The zero-order chi connectivity index (χ0) is 21.7. The van der Waals surface area contributed by atoms with Crippen molar-refractivity contribution in [2.24, 2.45) is 0 Å². The van der Waals surface area contributed by atoms with Crippen molar-refractivity contribution in [3.8, 4) is 0 Å². The quantitative estimate of drug-likeness (QED) is 0.510. The van der Waals surface area contributed by atoms with E-state index in [4.69, 9.17) is 4.52 Å². The molecule has 1 aromatic heterocycles. The lowest BCUT2D eigenvalue weighted by Gasteiger charge is -2.24. The Labute approximate surface area is 184 Å². The minimum Gasteiger partial charge on any atom is -0.360 e. The summed E-state index contributed by atoms with van der Waals surface area (Å²) in [4.78, 5) is 12.8. The number of nitrogens with zero attached hydrogens (tertiary/aromatic N) is 2. The predicted molar refractivity (Wildman–Crippen MR) is 118 cm³/mol. The normalized spacial score (nSPS) is 12.7. The first-order valence-corrected chi connectivity index (χ1v) is 11.5. The second-order valence-corrected chi connectivity index (χ2v) is 9.88. The molecule has 0 fully saturated rings. The number of carbonyl (C=O) groups is 1. The van der Waals surface area contributed by atoms with Crippen molar-refractivity contribution in [1.29, 1.82) is 0 Å². The molecule has 158 valence electrons. The zero-order valence-corrected chi connectivity index (χ0v) is 19.0. The molecule has 1 heterocycles. The first-order valence-electron chi connectivity index (χ1n) is 9.26. The SMILES string of the molecule is Cc1cc(NC(=O)C[C@H](CN(C)S(=O)(=O)c2ccc(Br)cc2)c2ccccc2)no1. The van der Waals surface area contributed by atoms with Crippen LogP contribution in [0.1, 0.15) is 23.7 Å². The topological polar surface area (TPSA) is 92.5 Å². The van der Waals surface area contributed by atoms with Gasteiger partial charge in [0.25, 0.3) is 0 Å². The van der Waals surface area contributed by atoms with Gasteiger partial charge in [-0.05, 0) is 36.8 Å². The summed E-state index contributed by atoms with van der Waals surface area (Å²) in [5, 5.41) is 6.46. The summed E-state index contributed by atoms with van der Waals surface area (Å²) in [6.07, 6.45) is 0.0934. The molecule has 0 saturated heterocycles. The number of halogens is 1. The van der Waals surface area contributed by atoms with Crippen LogP contribution in [0.4, 0.5) is 5.82 Å². The average molecular weight is 492 g/mol. The van der Waals surface area contributed by atoms with E-state index < -0.39 is 10.0 Å². The largest absolute Gasteiger partial charge is 0.360 e. The smallest absolute Gasteiger partial charge is 0.242 e. The Morgan fingerprint density at radius 1 is 1.17 bits per heavy atom. The van der Waals surface area contributed by atoms with Gasteiger partial charge in [-0.1, -0.05) is 51.4 Å². The number of rotatable bonds is 8. The Bertz CT molecular complexity index is 1100. The number of nitrogens with one attached hydrogen (secondary N) is 1. The molecule has 0 aliphatic carbocycles. The standard InChI is InChI=1S/C21H22BrN3O4S/c1-15-12-20(24-29-15)23-21(26)13-17(16-6-4-3-5-7-16)14-25(2)30(27,28)19-10-8-18(22)9-11-19/h3-12,17H,13-14H2,1-2H3,(H,23,24,26)/t17-/m1/s1. The molecule has 1 N–H and O–H groups in total. The summed E-state index contributed by atoms with van der Waals surface area (Å²) in [5.41, 5.74) is 0.877. The van der Waals surface area contributed by atoms with Crippen molar-refractivity contribution in [3.63, 3.8) is 0 Å². The number of benzene rings is 2. The molecule has 0 radical (unpaired) electrons. The van der Waals surface area contributed by atoms with Crippen LogP contribution in [0.25, 0.3) is 0 Å². The average Bonchev–Trinajstić information content (AvgIpc) is 3.12.